The molecule has 0 atom stereocenters. The molecular formula is C13H17F2N. The Morgan fingerprint density at radius 2 is 2.06 bits per heavy atom. The van der Waals surface area contributed by atoms with E-state index in [0.29, 0.717) is 6.42 Å². The molecule has 2 rings (SSSR count). The van der Waals surface area contributed by atoms with Crippen LogP contribution in [-0.4, -0.2) is 0 Å². The molecule has 1 fully saturated rings. The van der Waals surface area contributed by atoms with Crippen molar-refractivity contribution in [3.63, 3.8) is 0 Å². The van der Waals surface area contributed by atoms with Gasteiger partial charge in [0.15, 0.2) is 0 Å². The Labute approximate surface area is 94.7 Å². The summed E-state index contributed by atoms with van der Waals surface area (Å²) in [5, 5.41) is 0. The predicted molar refractivity (Wildman–Crippen MR) is 60.3 cm³/mol. The zero-order valence-electron chi connectivity index (χ0n) is 9.47. The van der Waals surface area contributed by atoms with Gasteiger partial charge in [0.2, 0.25) is 0 Å². The second-order valence-electron chi connectivity index (χ2n) is 4.69. The second kappa shape index (κ2) is 3.81. The Morgan fingerprint density at radius 1 is 1.38 bits per heavy atom. The first-order valence-electron chi connectivity index (χ1n) is 5.76. The highest BCUT2D eigenvalue weighted by atomic mass is 19.3. The van der Waals surface area contributed by atoms with Crippen LogP contribution in [0.15, 0.2) is 24.3 Å². The summed E-state index contributed by atoms with van der Waals surface area (Å²) in [5.41, 5.74) is 6.62. The number of hydrogen-bond donors (Lipinski definition) is 1. The number of rotatable bonds is 4. The van der Waals surface area contributed by atoms with E-state index in [1.165, 1.54) is 6.07 Å². The fourth-order valence-corrected chi connectivity index (χ4v) is 1.94. The molecule has 0 unspecified atom stereocenters. The normalized spacial score (nSPS) is 18.5. The molecule has 88 valence electrons. The molecule has 1 nitrogen and oxygen atoms in total. The van der Waals surface area contributed by atoms with Gasteiger partial charge in [0.1, 0.15) is 0 Å². The monoisotopic (exact) mass is 225 g/mol. The van der Waals surface area contributed by atoms with E-state index in [4.69, 9.17) is 5.73 Å². The molecule has 0 bridgehead atoms. The minimum Gasteiger partial charge on any atom is -0.321 e. The van der Waals surface area contributed by atoms with Crippen LogP contribution in [0.25, 0.3) is 0 Å². The molecule has 0 aliphatic heterocycles. The summed E-state index contributed by atoms with van der Waals surface area (Å²) in [5.74, 6) is -2.73. The molecule has 2 N–H and O–H groups in total. The van der Waals surface area contributed by atoms with E-state index in [9.17, 15) is 8.78 Å². The minimum atomic E-state index is -2.73. The lowest BCUT2D eigenvalue weighted by molar-refractivity contribution is -0.0141. The van der Waals surface area contributed by atoms with E-state index in [2.05, 4.69) is 0 Å². The van der Waals surface area contributed by atoms with E-state index < -0.39 is 5.92 Å². The fourth-order valence-electron chi connectivity index (χ4n) is 1.94. The summed E-state index contributed by atoms with van der Waals surface area (Å²) in [7, 11) is 0. The van der Waals surface area contributed by atoms with Gasteiger partial charge in [-0.25, -0.2) is 8.78 Å². The van der Waals surface area contributed by atoms with Crippen molar-refractivity contribution in [1.82, 2.24) is 0 Å². The van der Waals surface area contributed by atoms with Gasteiger partial charge in [0, 0.05) is 17.5 Å². The lowest BCUT2D eigenvalue weighted by Crippen LogP contribution is -2.20. The SMILES string of the molecule is CCCC(F)(F)c1cccc(C2(N)CC2)c1. The van der Waals surface area contributed by atoms with Crippen molar-refractivity contribution < 1.29 is 8.78 Å². The van der Waals surface area contributed by atoms with Crippen molar-refractivity contribution in [1.29, 1.82) is 0 Å². The van der Waals surface area contributed by atoms with Crippen LogP contribution in [0.3, 0.4) is 0 Å². The molecule has 1 aliphatic carbocycles. The van der Waals surface area contributed by atoms with Crippen LogP contribution in [0, 0.1) is 0 Å². The number of nitrogens with two attached hydrogens (primary N) is 1. The van der Waals surface area contributed by atoms with Gasteiger partial charge < -0.3 is 5.73 Å². The lowest BCUT2D eigenvalue weighted by Gasteiger charge is -2.18. The standard InChI is InChI=1S/C13H17F2N/c1-2-6-13(14,15)11-5-3-4-10(9-11)12(16)7-8-12/h3-5,9H,2,6-8,16H2,1H3. The van der Waals surface area contributed by atoms with Gasteiger partial charge in [-0.3, -0.25) is 0 Å². The number of alkyl halides is 2. The Hall–Kier alpha value is -0.960. The topological polar surface area (TPSA) is 26.0 Å². The van der Waals surface area contributed by atoms with E-state index >= 15 is 0 Å². The largest absolute Gasteiger partial charge is 0.321 e. The summed E-state index contributed by atoms with van der Waals surface area (Å²) >= 11 is 0. The molecule has 16 heavy (non-hydrogen) atoms. The average Bonchev–Trinajstić information content (AvgIpc) is 2.98. The molecule has 3 heteroatoms. The zero-order chi connectivity index (χ0) is 11.8. The maximum Gasteiger partial charge on any atom is 0.273 e. The fraction of sp³-hybridized carbons (Fsp3) is 0.538. The van der Waals surface area contributed by atoms with Crippen LogP contribution in [0.4, 0.5) is 8.78 Å². The summed E-state index contributed by atoms with van der Waals surface area (Å²) < 4.78 is 27.4. The molecule has 1 aliphatic rings. The minimum absolute atomic E-state index is 0.101. The molecule has 0 saturated heterocycles. The van der Waals surface area contributed by atoms with Crippen LogP contribution in [0.2, 0.25) is 0 Å². The predicted octanol–water partition coefficient (Wildman–Crippen LogP) is 3.53. The summed E-state index contributed by atoms with van der Waals surface area (Å²) in [6.07, 6.45) is 2.17. The molecule has 0 radical (unpaired) electrons. The Balaban J connectivity index is 2.28. The van der Waals surface area contributed by atoms with Crippen molar-refractivity contribution >= 4 is 0 Å². The van der Waals surface area contributed by atoms with E-state index in [1.54, 1.807) is 19.1 Å². The van der Waals surface area contributed by atoms with Crippen LogP contribution in [0.1, 0.15) is 43.7 Å². The Kier molecular flexibility index (Phi) is 2.74. The average molecular weight is 225 g/mol. The third-order valence-corrected chi connectivity index (χ3v) is 3.21. The second-order valence-corrected chi connectivity index (χ2v) is 4.69. The van der Waals surface area contributed by atoms with Gasteiger partial charge in [0.05, 0.1) is 0 Å². The van der Waals surface area contributed by atoms with Gasteiger partial charge >= 0.3 is 0 Å². The maximum absolute atomic E-state index is 13.7. The van der Waals surface area contributed by atoms with E-state index in [-0.39, 0.29) is 17.5 Å². The quantitative estimate of drug-likeness (QED) is 0.833. The molecule has 1 aromatic carbocycles. The molecule has 0 aromatic heterocycles. The van der Waals surface area contributed by atoms with Gasteiger partial charge in [0.25, 0.3) is 5.92 Å². The van der Waals surface area contributed by atoms with Crippen LogP contribution < -0.4 is 5.73 Å². The Morgan fingerprint density at radius 3 is 2.62 bits per heavy atom. The molecule has 1 saturated carbocycles. The summed E-state index contributed by atoms with van der Waals surface area (Å²) in [4.78, 5) is 0. The van der Waals surface area contributed by atoms with Gasteiger partial charge in [-0.2, -0.15) is 0 Å². The smallest absolute Gasteiger partial charge is 0.273 e. The molecular weight excluding hydrogens is 208 g/mol. The zero-order valence-corrected chi connectivity index (χ0v) is 9.47. The highest BCUT2D eigenvalue weighted by Crippen LogP contribution is 2.44. The van der Waals surface area contributed by atoms with Gasteiger partial charge in [-0.1, -0.05) is 31.5 Å². The number of hydrogen-bond acceptors (Lipinski definition) is 1. The first kappa shape index (κ1) is 11.5. The van der Waals surface area contributed by atoms with Crippen LogP contribution >= 0.6 is 0 Å². The van der Waals surface area contributed by atoms with E-state index in [1.807, 2.05) is 6.07 Å². The lowest BCUT2D eigenvalue weighted by atomic mass is 9.98. The first-order chi connectivity index (χ1) is 7.48. The maximum atomic E-state index is 13.7. The third kappa shape index (κ3) is 2.09. The van der Waals surface area contributed by atoms with Crippen LogP contribution in [-0.2, 0) is 11.5 Å². The van der Waals surface area contributed by atoms with Crippen molar-refractivity contribution in [2.45, 2.75) is 44.1 Å². The molecule has 0 heterocycles. The molecule has 0 spiro atoms. The number of benzene rings is 1. The van der Waals surface area contributed by atoms with E-state index in [0.717, 1.165) is 18.4 Å². The Bertz CT molecular complexity index is 383. The number of halogens is 2. The highest BCUT2D eigenvalue weighted by molar-refractivity contribution is 5.34. The highest BCUT2D eigenvalue weighted by Gasteiger charge is 2.41. The van der Waals surface area contributed by atoms with Crippen molar-refractivity contribution in [2.75, 3.05) is 0 Å². The summed E-state index contributed by atoms with van der Waals surface area (Å²) in [6.45, 7) is 1.77. The van der Waals surface area contributed by atoms with Crippen molar-refractivity contribution in [3.8, 4) is 0 Å². The third-order valence-electron chi connectivity index (χ3n) is 3.21. The molecule has 0 amide bonds. The van der Waals surface area contributed by atoms with Crippen molar-refractivity contribution in [3.05, 3.63) is 35.4 Å². The van der Waals surface area contributed by atoms with Gasteiger partial charge in [-0.05, 0) is 24.5 Å². The molecule has 1 aromatic rings. The summed E-state index contributed by atoms with van der Waals surface area (Å²) in [6, 6.07) is 6.59. The van der Waals surface area contributed by atoms with Crippen LogP contribution in [0.5, 0.6) is 0 Å². The van der Waals surface area contributed by atoms with Crippen molar-refractivity contribution in [2.24, 2.45) is 5.73 Å². The first-order valence-corrected chi connectivity index (χ1v) is 5.76. The van der Waals surface area contributed by atoms with Gasteiger partial charge in [-0.15, -0.1) is 0 Å².